The number of aromatic nitrogens is 2. The summed E-state index contributed by atoms with van der Waals surface area (Å²) in [4.78, 5) is 4.35. The Bertz CT molecular complexity index is 6250. The molecule has 5 heteroatoms. The summed E-state index contributed by atoms with van der Waals surface area (Å²) in [7, 11) is 0. The second-order valence-corrected chi connectivity index (χ2v) is 29.0. The second-order valence-electron chi connectivity index (χ2n) is 29.0. The van der Waals surface area contributed by atoms with Gasteiger partial charge in [0.2, 0.25) is 0 Å². The van der Waals surface area contributed by atoms with Crippen LogP contribution in [0.2, 0.25) is 0 Å². The molecule has 4 nitrogen and oxygen atoms in total. The third-order valence-corrected chi connectivity index (χ3v) is 18.5. The standard InChI is InChI=1S/C93H81BN4/c1-91(2,3)58-61-50-88-90-89(51-61)98(85-57-75(63-32-16-11-17-33-63)67(60-93(7,8)9)53-77(85)65-36-20-13-21-37-65)87-55-69(96-82-44-28-24-40-72(82)73-41-25-29-45-83(73)96)47-49-79(87)94(90)78-48-46-68(95-80-42-26-22-38-70(80)71-39-23-27-43-81(71)95)54-86(78)97(88)84-56-74(62-30-14-10-15-31-62)66(59-92(4,5)6)52-76(84)64-34-18-12-19-35-64/h10-57H,58-60H2,1-9H3/i22D,23D,24D,25D,26D,27D,28D,29D,38D,39D,40D,41D,42D,43D,44D,45D,59D2,60D2. The zero-order chi connectivity index (χ0) is 84.3. The van der Waals surface area contributed by atoms with Crippen molar-refractivity contribution in [1.29, 1.82) is 0 Å². The first-order valence-corrected chi connectivity index (χ1v) is 33.3. The molecule has 0 saturated carbocycles. The van der Waals surface area contributed by atoms with Gasteiger partial charge in [-0.05, 0) is 187 Å². The van der Waals surface area contributed by atoms with Gasteiger partial charge in [0.25, 0.3) is 6.71 Å². The van der Waals surface area contributed by atoms with Crippen molar-refractivity contribution >= 4 is 101 Å². The lowest BCUT2D eigenvalue weighted by Gasteiger charge is -2.46. The lowest BCUT2D eigenvalue weighted by molar-refractivity contribution is 0.411. The van der Waals surface area contributed by atoms with Gasteiger partial charge in [-0.3, -0.25) is 0 Å². The summed E-state index contributed by atoms with van der Waals surface area (Å²) in [5.74, 6) is 0. The van der Waals surface area contributed by atoms with Crippen molar-refractivity contribution in [3.05, 3.63) is 307 Å². The van der Waals surface area contributed by atoms with Gasteiger partial charge in [0, 0.05) is 72.3 Å². The Morgan fingerprint density at radius 2 is 0.653 bits per heavy atom. The highest BCUT2D eigenvalue weighted by Gasteiger charge is 2.45. The number of nitrogens with zero attached hydrogens (tertiary/aromatic N) is 4. The van der Waals surface area contributed by atoms with E-state index in [0.29, 0.717) is 107 Å². The highest BCUT2D eigenvalue weighted by atomic mass is 15.2. The predicted octanol–water partition coefficient (Wildman–Crippen LogP) is 23.4. The van der Waals surface area contributed by atoms with Crippen LogP contribution in [0.25, 0.3) is 99.5 Å². The molecular weight excluding hydrogens is 1180 g/mol. The van der Waals surface area contributed by atoms with Crippen molar-refractivity contribution in [3.63, 3.8) is 0 Å². The van der Waals surface area contributed by atoms with Crippen LogP contribution in [0.4, 0.5) is 34.1 Å². The minimum Gasteiger partial charge on any atom is -0.311 e. The number of fused-ring (bicyclic) bond motifs is 10. The third kappa shape index (κ3) is 10.6. The molecule has 17 rings (SSSR count). The Morgan fingerprint density at radius 3 is 0.980 bits per heavy atom. The lowest BCUT2D eigenvalue weighted by atomic mass is 9.33. The Morgan fingerprint density at radius 1 is 0.327 bits per heavy atom. The van der Waals surface area contributed by atoms with Crippen molar-refractivity contribution < 1.29 is 27.4 Å². The van der Waals surface area contributed by atoms with Crippen molar-refractivity contribution in [2.75, 3.05) is 9.80 Å². The van der Waals surface area contributed by atoms with E-state index in [1.165, 1.54) is 9.13 Å². The van der Waals surface area contributed by atoms with Crippen LogP contribution < -0.4 is 26.2 Å². The molecule has 0 fully saturated rings. The number of benzene rings is 13. The van der Waals surface area contributed by atoms with Crippen molar-refractivity contribution in [3.8, 4) is 55.9 Å². The van der Waals surface area contributed by atoms with Crippen molar-refractivity contribution in [2.45, 2.75) is 81.5 Å². The Hall–Kier alpha value is -10.9. The normalized spacial score (nSPS) is 16.2. The maximum atomic E-state index is 10.3. The minimum absolute atomic E-state index is 0.104. The van der Waals surface area contributed by atoms with E-state index in [0.717, 1.165) is 11.0 Å². The molecule has 98 heavy (non-hydrogen) atoms. The summed E-state index contributed by atoms with van der Waals surface area (Å²) in [6, 6.07) is 53.5. The first kappa shape index (κ1) is 42.6. The smallest absolute Gasteiger partial charge is 0.252 e. The molecule has 0 unspecified atom stereocenters. The van der Waals surface area contributed by atoms with Crippen LogP contribution in [0.15, 0.2) is 291 Å². The summed E-state index contributed by atoms with van der Waals surface area (Å²) >= 11 is 0. The average molecular weight is 1290 g/mol. The molecule has 15 aromatic rings. The van der Waals surface area contributed by atoms with E-state index in [4.69, 9.17) is 5.48 Å². The van der Waals surface area contributed by atoms with Gasteiger partial charge in [-0.15, -0.1) is 0 Å². The van der Waals surface area contributed by atoms with Gasteiger partial charge in [0.1, 0.15) is 0 Å². The number of rotatable bonds is 11. The molecule has 13 aromatic carbocycles. The van der Waals surface area contributed by atoms with Gasteiger partial charge in [-0.1, -0.05) is 268 Å². The summed E-state index contributed by atoms with van der Waals surface area (Å²) < 4.78 is 195. The zero-order valence-electron chi connectivity index (χ0n) is 76.0. The molecule has 2 aromatic heterocycles. The molecule has 0 aliphatic carbocycles. The van der Waals surface area contributed by atoms with Crippen LogP contribution in [-0.4, -0.2) is 15.8 Å². The molecule has 0 N–H and O–H groups in total. The molecule has 2 aliphatic heterocycles. The number of hydrogen-bond donors (Lipinski definition) is 0. The molecule has 0 bridgehead atoms. The van der Waals surface area contributed by atoms with E-state index in [2.05, 4.69) is 42.7 Å². The highest BCUT2D eigenvalue weighted by molar-refractivity contribution is 7.00. The van der Waals surface area contributed by atoms with E-state index in [1.807, 2.05) is 211 Å². The molecule has 0 radical (unpaired) electrons. The fourth-order valence-electron chi connectivity index (χ4n) is 14.9. The molecule has 0 atom stereocenters. The minimum atomic E-state index is -2.01. The van der Waals surface area contributed by atoms with Gasteiger partial charge in [0.05, 0.1) is 55.4 Å². The molecule has 2 aliphatic rings. The first-order valence-electron chi connectivity index (χ1n) is 43.3. The van der Waals surface area contributed by atoms with Gasteiger partial charge in [-0.25, -0.2) is 0 Å². The predicted molar refractivity (Wildman–Crippen MR) is 420 cm³/mol. The van der Waals surface area contributed by atoms with Crippen LogP contribution >= 0.6 is 0 Å². The Balaban J connectivity index is 1.11. The van der Waals surface area contributed by atoms with Crippen LogP contribution in [0.3, 0.4) is 0 Å². The van der Waals surface area contributed by atoms with Crippen LogP contribution in [0.1, 0.15) is 106 Å². The second kappa shape index (κ2) is 23.5. The maximum Gasteiger partial charge on any atom is 0.252 e. The van der Waals surface area contributed by atoms with Crippen molar-refractivity contribution in [2.24, 2.45) is 16.2 Å². The number of anilines is 6. The number of para-hydroxylation sites is 4. The lowest BCUT2D eigenvalue weighted by Crippen LogP contribution is -2.61. The Kier molecular flexibility index (Phi) is 10.2. The van der Waals surface area contributed by atoms with E-state index < -0.39 is 132 Å². The van der Waals surface area contributed by atoms with Crippen LogP contribution in [0.5, 0.6) is 0 Å². The summed E-state index contributed by atoms with van der Waals surface area (Å²) in [5.41, 5.74) is 9.82. The van der Waals surface area contributed by atoms with E-state index >= 15 is 0 Å². The largest absolute Gasteiger partial charge is 0.311 e. The topological polar surface area (TPSA) is 16.3 Å². The summed E-state index contributed by atoms with van der Waals surface area (Å²) in [6.45, 7) is 16.8. The molecule has 0 spiro atoms. The molecule has 0 saturated heterocycles. The average Bonchev–Trinajstić information content (AvgIpc) is 1.04. The highest BCUT2D eigenvalue weighted by Crippen LogP contribution is 2.53. The van der Waals surface area contributed by atoms with Crippen LogP contribution in [0, 0.1) is 16.2 Å². The SMILES string of the molecule is [2H]c1c([2H])c([2H])c2c(c1[2H])c1c([2H])c([2H])c([2H])c([2H])c1n2-c1ccc2c(c1)N(c1cc(-c3ccccc3)c(C([2H])([2H])C(C)(C)C)cc1-c1ccccc1)c1cc(CC(C)(C)C)cc3c1B2c1ccc(-n2c4c([2H])c([2H])c([2H])c([2H])c4c4c([2H])c([2H])c([2H])c([2H])c42)cc1N3c1cc(-c2ccccc2)c(C([2H])([2H])C(C)(C)C)cc1-c1ccccc1. The first-order chi connectivity index (χ1) is 55.7. The number of hydrogen-bond acceptors (Lipinski definition) is 2. The van der Waals surface area contributed by atoms with Crippen LogP contribution in [-0.2, 0) is 19.2 Å². The van der Waals surface area contributed by atoms with E-state index in [9.17, 15) is 21.9 Å². The summed E-state index contributed by atoms with van der Waals surface area (Å²) in [6.07, 6.45) is -3.59. The molecular formula is C93H81BN4. The van der Waals surface area contributed by atoms with Gasteiger partial charge in [0.15, 0.2) is 0 Å². The Labute approximate surface area is 605 Å². The third-order valence-electron chi connectivity index (χ3n) is 18.5. The fourth-order valence-corrected chi connectivity index (χ4v) is 14.9. The maximum absolute atomic E-state index is 10.3. The van der Waals surface area contributed by atoms with Gasteiger partial charge in [-0.2, -0.15) is 0 Å². The van der Waals surface area contributed by atoms with Gasteiger partial charge < -0.3 is 18.9 Å². The monoisotopic (exact) mass is 1280 g/mol. The molecule has 476 valence electrons. The van der Waals surface area contributed by atoms with Crippen molar-refractivity contribution in [1.82, 2.24) is 9.13 Å². The fraction of sp³-hybridized carbons (Fsp3) is 0.161. The van der Waals surface area contributed by atoms with Gasteiger partial charge >= 0.3 is 0 Å². The molecule has 4 heterocycles. The zero-order valence-corrected chi connectivity index (χ0v) is 56.0. The van der Waals surface area contributed by atoms with E-state index in [1.54, 1.807) is 12.1 Å². The quantitative estimate of drug-likeness (QED) is 0.120. The summed E-state index contributed by atoms with van der Waals surface area (Å²) in [5, 5.41) is -0.477. The molecule has 0 amide bonds. The van der Waals surface area contributed by atoms with E-state index in [-0.39, 0.29) is 55.0 Å².